The number of hydrogen-bond donors (Lipinski definition) is 0. The summed E-state index contributed by atoms with van der Waals surface area (Å²) in [6.45, 7) is 4.41. The first kappa shape index (κ1) is 23.0. The molecule has 0 unspecified atom stereocenters. The molecule has 186 valence electrons. The van der Waals surface area contributed by atoms with Crippen molar-refractivity contribution in [3.8, 4) is 17.2 Å². The molecule has 1 aliphatic carbocycles. The van der Waals surface area contributed by atoms with Crippen LogP contribution in [0.2, 0.25) is 0 Å². The molecule has 0 amide bonds. The van der Waals surface area contributed by atoms with E-state index in [1.54, 1.807) is 18.2 Å². The van der Waals surface area contributed by atoms with Crippen LogP contribution >= 0.6 is 0 Å². The first-order valence-corrected chi connectivity index (χ1v) is 13.0. The van der Waals surface area contributed by atoms with Gasteiger partial charge in [-0.15, -0.1) is 0 Å². The zero-order chi connectivity index (χ0) is 26.7. The molecule has 0 aliphatic heterocycles. The number of anilines is 3. The summed E-state index contributed by atoms with van der Waals surface area (Å²) in [5.74, 6) is 0. The lowest BCUT2D eigenvalue weighted by molar-refractivity contribution is 0.652. The van der Waals surface area contributed by atoms with Gasteiger partial charge in [0.2, 0.25) is 5.43 Å². The second-order valence-electron chi connectivity index (χ2n) is 10.5. The summed E-state index contributed by atoms with van der Waals surface area (Å²) < 4.78 is 6.23. The molecule has 1 heterocycles. The second kappa shape index (κ2) is 8.44. The summed E-state index contributed by atoms with van der Waals surface area (Å²) in [6.07, 6.45) is 0. The van der Waals surface area contributed by atoms with Crippen LogP contribution in [0.25, 0.3) is 33.1 Å². The minimum Gasteiger partial charge on any atom is -0.456 e. The second-order valence-corrected chi connectivity index (χ2v) is 10.5. The van der Waals surface area contributed by atoms with E-state index >= 15 is 0 Å². The van der Waals surface area contributed by atoms with Crippen LogP contribution in [0.15, 0.2) is 118 Å². The van der Waals surface area contributed by atoms with Gasteiger partial charge < -0.3 is 9.32 Å². The van der Waals surface area contributed by atoms with E-state index in [1.807, 2.05) is 48.5 Å². The van der Waals surface area contributed by atoms with Crippen LogP contribution in [0.3, 0.4) is 0 Å². The van der Waals surface area contributed by atoms with E-state index in [2.05, 4.69) is 67.3 Å². The van der Waals surface area contributed by atoms with E-state index < -0.39 is 0 Å². The average Bonchev–Trinajstić information content (AvgIpc) is 3.18. The molecule has 7 rings (SSSR count). The van der Waals surface area contributed by atoms with Crippen LogP contribution in [0.5, 0.6) is 0 Å². The first-order valence-electron chi connectivity index (χ1n) is 13.0. The smallest absolute Gasteiger partial charge is 0.200 e. The van der Waals surface area contributed by atoms with Gasteiger partial charge in [0.1, 0.15) is 11.2 Å². The van der Waals surface area contributed by atoms with Gasteiger partial charge in [0.15, 0.2) is 0 Å². The Bertz CT molecular complexity index is 1980. The lowest BCUT2D eigenvalue weighted by Crippen LogP contribution is -2.16. The molecule has 6 aromatic rings. The summed E-state index contributed by atoms with van der Waals surface area (Å²) in [5, 5.41) is 10.4. The van der Waals surface area contributed by atoms with Crippen LogP contribution in [0, 0.1) is 11.3 Å². The number of para-hydroxylation sites is 2. The Labute approximate surface area is 226 Å². The molecule has 0 saturated heterocycles. The summed E-state index contributed by atoms with van der Waals surface area (Å²) in [6, 6.07) is 38.4. The Morgan fingerprint density at radius 3 is 1.97 bits per heavy atom. The van der Waals surface area contributed by atoms with Crippen LogP contribution in [-0.4, -0.2) is 0 Å². The average molecular weight is 505 g/mol. The predicted octanol–water partition coefficient (Wildman–Crippen LogP) is 8.59. The van der Waals surface area contributed by atoms with Gasteiger partial charge in [0, 0.05) is 22.5 Å². The molecule has 1 aromatic heterocycles. The van der Waals surface area contributed by atoms with Crippen molar-refractivity contribution in [2.75, 3.05) is 4.90 Å². The standard InChI is InChI=1S/C35H24N2O2/c1-35(2)30-16-14-25(37(23-9-5-3-6-10-23)24-11-7-4-8-12-24)18-27(30)28-20-33-29(19-31(28)35)34(38)26-15-13-22(21-36)17-32(26)39-33/h3-20H,1-2H3. The van der Waals surface area contributed by atoms with Gasteiger partial charge in [-0.05, 0) is 89.0 Å². The molecule has 0 atom stereocenters. The van der Waals surface area contributed by atoms with E-state index in [1.165, 1.54) is 5.56 Å². The lowest BCUT2D eigenvalue weighted by atomic mass is 9.82. The van der Waals surface area contributed by atoms with Crippen LogP contribution < -0.4 is 10.3 Å². The highest BCUT2D eigenvalue weighted by atomic mass is 16.3. The quantitative estimate of drug-likeness (QED) is 0.226. The zero-order valence-electron chi connectivity index (χ0n) is 21.6. The molecule has 4 nitrogen and oxygen atoms in total. The normalized spacial score (nSPS) is 13.2. The van der Waals surface area contributed by atoms with Crippen LogP contribution in [0.4, 0.5) is 17.1 Å². The van der Waals surface area contributed by atoms with Crippen molar-refractivity contribution in [2.45, 2.75) is 19.3 Å². The predicted molar refractivity (Wildman–Crippen MR) is 157 cm³/mol. The van der Waals surface area contributed by atoms with Crippen LogP contribution in [0.1, 0.15) is 30.5 Å². The summed E-state index contributed by atoms with van der Waals surface area (Å²) >= 11 is 0. The number of nitrogens with zero attached hydrogens (tertiary/aromatic N) is 2. The fourth-order valence-electron chi connectivity index (χ4n) is 5.89. The number of benzene rings is 5. The van der Waals surface area contributed by atoms with E-state index in [4.69, 9.17) is 4.42 Å². The van der Waals surface area contributed by atoms with Gasteiger partial charge >= 0.3 is 0 Å². The molecule has 0 N–H and O–H groups in total. The molecule has 0 radical (unpaired) electrons. The number of hydrogen-bond acceptors (Lipinski definition) is 4. The molecule has 39 heavy (non-hydrogen) atoms. The molecular weight excluding hydrogens is 480 g/mol. The minimum absolute atomic E-state index is 0.0784. The zero-order valence-corrected chi connectivity index (χ0v) is 21.6. The van der Waals surface area contributed by atoms with Crippen molar-refractivity contribution in [3.05, 3.63) is 136 Å². The van der Waals surface area contributed by atoms with Crippen molar-refractivity contribution in [1.82, 2.24) is 0 Å². The maximum Gasteiger partial charge on any atom is 0.200 e. The summed E-state index contributed by atoms with van der Waals surface area (Å²) in [4.78, 5) is 15.7. The summed E-state index contributed by atoms with van der Waals surface area (Å²) in [5.41, 5.74) is 8.75. The highest BCUT2D eigenvalue weighted by molar-refractivity contribution is 5.96. The van der Waals surface area contributed by atoms with Gasteiger partial charge in [0.05, 0.1) is 22.4 Å². The highest BCUT2D eigenvalue weighted by Crippen LogP contribution is 2.51. The van der Waals surface area contributed by atoms with Crippen molar-refractivity contribution < 1.29 is 4.42 Å². The molecule has 0 saturated carbocycles. The van der Waals surface area contributed by atoms with Crippen LogP contribution in [-0.2, 0) is 5.41 Å². The van der Waals surface area contributed by atoms with Gasteiger partial charge in [0.25, 0.3) is 0 Å². The Balaban J connectivity index is 1.47. The Kier molecular flexibility index (Phi) is 4.98. The van der Waals surface area contributed by atoms with Crippen molar-refractivity contribution in [3.63, 3.8) is 0 Å². The monoisotopic (exact) mass is 504 g/mol. The molecule has 0 spiro atoms. The third kappa shape index (κ3) is 3.48. The van der Waals surface area contributed by atoms with E-state index in [-0.39, 0.29) is 10.8 Å². The Morgan fingerprint density at radius 2 is 1.31 bits per heavy atom. The van der Waals surface area contributed by atoms with Gasteiger partial charge in [-0.2, -0.15) is 5.26 Å². The molecule has 4 heteroatoms. The fourth-order valence-corrected chi connectivity index (χ4v) is 5.89. The topological polar surface area (TPSA) is 57.2 Å². The maximum atomic E-state index is 13.5. The molecule has 0 bridgehead atoms. The summed E-state index contributed by atoms with van der Waals surface area (Å²) in [7, 11) is 0. The van der Waals surface area contributed by atoms with Crippen molar-refractivity contribution in [1.29, 1.82) is 5.26 Å². The SMILES string of the molecule is CC1(C)c2ccc(N(c3ccccc3)c3ccccc3)cc2-c2cc3oc4cc(C#N)ccc4c(=O)c3cc21. The first-order chi connectivity index (χ1) is 19.0. The lowest BCUT2D eigenvalue weighted by Gasteiger charge is -2.27. The third-order valence-electron chi connectivity index (χ3n) is 7.87. The largest absolute Gasteiger partial charge is 0.456 e. The Hall–Kier alpha value is -5.14. The molecule has 0 fully saturated rings. The van der Waals surface area contributed by atoms with E-state index in [0.29, 0.717) is 27.5 Å². The third-order valence-corrected chi connectivity index (χ3v) is 7.87. The van der Waals surface area contributed by atoms with Gasteiger partial charge in [-0.1, -0.05) is 56.3 Å². The number of rotatable bonds is 3. The molecular formula is C35H24N2O2. The maximum absolute atomic E-state index is 13.5. The Morgan fingerprint density at radius 1 is 0.667 bits per heavy atom. The van der Waals surface area contributed by atoms with Gasteiger partial charge in [-0.25, -0.2) is 0 Å². The van der Waals surface area contributed by atoms with Crippen molar-refractivity contribution >= 4 is 39.0 Å². The highest BCUT2D eigenvalue weighted by Gasteiger charge is 2.37. The number of nitriles is 1. The molecule has 1 aliphatic rings. The molecule has 5 aromatic carbocycles. The number of fused-ring (bicyclic) bond motifs is 5. The van der Waals surface area contributed by atoms with Crippen molar-refractivity contribution in [2.24, 2.45) is 0 Å². The van der Waals surface area contributed by atoms with E-state index in [0.717, 1.165) is 33.8 Å². The van der Waals surface area contributed by atoms with E-state index in [9.17, 15) is 10.1 Å². The fraction of sp³-hybridized carbons (Fsp3) is 0.0857. The minimum atomic E-state index is -0.284. The van der Waals surface area contributed by atoms with Gasteiger partial charge in [-0.3, -0.25) is 4.79 Å².